The Kier molecular flexibility index (Phi) is 3.09. The first-order valence-electron chi connectivity index (χ1n) is 6.37. The monoisotopic (exact) mass is 256 g/mol. The van der Waals surface area contributed by atoms with Crippen molar-refractivity contribution in [1.82, 2.24) is 10.6 Å². The van der Waals surface area contributed by atoms with E-state index in [4.69, 9.17) is 4.42 Å². The Balaban J connectivity index is 1.64. The average Bonchev–Trinajstić information content (AvgIpc) is 3.03. The SMILES string of the molecule is Cc1cc(C(=O)NCc2ccc3c(c2)CNC3)co1. The Bertz CT molecular complexity index is 616. The van der Waals surface area contributed by atoms with Gasteiger partial charge >= 0.3 is 0 Å². The summed E-state index contributed by atoms with van der Waals surface area (Å²) in [6, 6.07) is 8.07. The molecule has 1 aliphatic rings. The summed E-state index contributed by atoms with van der Waals surface area (Å²) in [4.78, 5) is 11.9. The second-order valence-electron chi connectivity index (χ2n) is 4.84. The van der Waals surface area contributed by atoms with Crippen LogP contribution in [-0.2, 0) is 19.6 Å². The highest BCUT2D eigenvalue weighted by Crippen LogP contribution is 2.17. The first kappa shape index (κ1) is 12.0. The molecular weight excluding hydrogens is 240 g/mol. The van der Waals surface area contributed by atoms with Gasteiger partial charge in [0.05, 0.1) is 5.56 Å². The molecule has 2 N–H and O–H groups in total. The smallest absolute Gasteiger partial charge is 0.254 e. The lowest BCUT2D eigenvalue weighted by Crippen LogP contribution is -2.22. The molecule has 0 atom stereocenters. The van der Waals surface area contributed by atoms with Crippen molar-refractivity contribution in [1.29, 1.82) is 0 Å². The van der Waals surface area contributed by atoms with Crippen LogP contribution in [0.1, 0.15) is 32.8 Å². The fourth-order valence-electron chi connectivity index (χ4n) is 2.31. The first-order chi connectivity index (χ1) is 9.22. The molecule has 1 aliphatic heterocycles. The molecule has 1 aromatic heterocycles. The second-order valence-corrected chi connectivity index (χ2v) is 4.84. The van der Waals surface area contributed by atoms with E-state index in [0.29, 0.717) is 12.1 Å². The third-order valence-corrected chi connectivity index (χ3v) is 3.35. The van der Waals surface area contributed by atoms with Crippen molar-refractivity contribution in [2.45, 2.75) is 26.6 Å². The predicted molar refractivity (Wildman–Crippen MR) is 71.6 cm³/mol. The Labute approximate surface area is 111 Å². The van der Waals surface area contributed by atoms with Crippen molar-refractivity contribution in [3.63, 3.8) is 0 Å². The summed E-state index contributed by atoms with van der Waals surface area (Å²) in [5.74, 6) is 0.643. The van der Waals surface area contributed by atoms with Crippen molar-refractivity contribution in [2.75, 3.05) is 0 Å². The van der Waals surface area contributed by atoms with E-state index in [9.17, 15) is 4.79 Å². The van der Waals surface area contributed by atoms with Crippen molar-refractivity contribution < 1.29 is 9.21 Å². The quantitative estimate of drug-likeness (QED) is 0.884. The number of furan rings is 1. The van der Waals surface area contributed by atoms with Gasteiger partial charge in [-0.25, -0.2) is 0 Å². The van der Waals surface area contributed by atoms with Gasteiger partial charge in [-0.15, -0.1) is 0 Å². The minimum Gasteiger partial charge on any atom is -0.469 e. The van der Waals surface area contributed by atoms with E-state index in [2.05, 4.69) is 28.8 Å². The Morgan fingerprint density at radius 2 is 2.16 bits per heavy atom. The lowest BCUT2D eigenvalue weighted by Gasteiger charge is -2.06. The molecule has 2 aromatic rings. The lowest BCUT2D eigenvalue weighted by atomic mass is 10.1. The molecular formula is C15H16N2O2. The van der Waals surface area contributed by atoms with E-state index >= 15 is 0 Å². The molecule has 0 aliphatic carbocycles. The maximum absolute atomic E-state index is 11.9. The summed E-state index contributed by atoms with van der Waals surface area (Å²) in [5, 5.41) is 6.21. The van der Waals surface area contributed by atoms with Crippen LogP contribution in [0.15, 0.2) is 34.9 Å². The van der Waals surface area contributed by atoms with Gasteiger partial charge in [0, 0.05) is 19.6 Å². The van der Waals surface area contributed by atoms with Crippen molar-refractivity contribution in [3.05, 3.63) is 58.5 Å². The molecule has 0 spiro atoms. The van der Waals surface area contributed by atoms with Crippen molar-refractivity contribution >= 4 is 5.91 Å². The summed E-state index contributed by atoms with van der Waals surface area (Å²) < 4.78 is 5.13. The summed E-state index contributed by atoms with van der Waals surface area (Å²) >= 11 is 0. The van der Waals surface area contributed by atoms with Gasteiger partial charge in [0.2, 0.25) is 0 Å². The molecule has 4 nitrogen and oxygen atoms in total. The molecule has 0 unspecified atom stereocenters. The fourth-order valence-corrected chi connectivity index (χ4v) is 2.31. The minimum atomic E-state index is -0.101. The number of fused-ring (bicyclic) bond motifs is 1. The van der Waals surface area contributed by atoms with Crippen LogP contribution in [-0.4, -0.2) is 5.91 Å². The molecule has 0 bridgehead atoms. The highest BCUT2D eigenvalue weighted by atomic mass is 16.3. The summed E-state index contributed by atoms with van der Waals surface area (Å²) in [5.41, 5.74) is 4.36. The molecule has 1 amide bonds. The molecule has 98 valence electrons. The van der Waals surface area contributed by atoms with Crippen LogP contribution in [0.4, 0.5) is 0 Å². The zero-order valence-corrected chi connectivity index (χ0v) is 10.8. The molecule has 0 radical (unpaired) electrons. The number of amides is 1. The van der Waals surface area contributed by atoms with Crippen molar-refractivity contribution in [3.8, 4) is 0 Å². The molecule has 0 fully saturated rings. The number of aryl methyl sites for hydroxylation is 1. The Morgan fingerprint density at radius 3 is 2.95 bits per heavy atom. The van der Waals surface area contributed by atoms with Crippen LogP contribution in [0.25, 0.3) is 0 Å². The van der Waals surface area contributed by atoms with Gasteiger partial charge in [0.1, 0.15) is 12.0 Å². The predicted octanol–water partition coefficient (Wildman–Crippen LogP) is 2.12. The third kappa shape index (κ3) is 2.53. The maximum Gasteiger partial charge on any atom is 0.254 e. The van der Waals surface area contributed by atoms with Crippen LogP contribution in [0.3, 0.4) is 0 Å². The Hall–Kier alpha value is -2.07. The normalized spacial score (nSPS) is 13.3. The van der Waals surface area contributed by atoms with E-state index in [1.165, 1.54) is 17.4 Å². The van der Waals surface area contributed by atoms with E-state index < -0.39 is 0 Å². The standard InChI is InChI=1S/C15H16N2O2/c1-10-4-14(9-19-10)15(18)17-6-11-2-3-12-7-16-8-13(12)5-11/h2-5,9,16H,6-8H2,1H3,(H,17,18). The average molecular weight is 256 g/mol. The molecule has 0 saturated carbocycles. The van der Waals surface area contributed by atoms with E-state index in [-0.39, 0.29) is 5.91 Å². The van der Waals surface area contributed by atoms with Gasteiger partial charge in [-0.05, 0) is 29.7 Å². The van der Waals surface area contributed by atoms with Crippen LogP contribution in [0.5, 0.6) is 0 Å². The van der Waals surface area contributed by atoms with Gasteiger partial charge in [0.15, 0.2) is 0 Å². The number of benzene rings is 1. The second kappa shape index (κ2) is 4.90. The van der Waals surface area contributed by atoms with Gasteiger partial charge in [-0.3, -0.25) is 4.79 Å². The van der Waals surface area contributed by atoms with Crippen LogP contribution < -0.4 is 10.6 Å². The van der Waals surface area contributed by atoms with Gasteiger partial charge in [0.25, 0.3) is 5.91 Å². The molecule has 1 aromatic carbocycles. The largest absolute Gasteiger partial charge is 0.469 e. The Morgan fingerprint density at radius 1 is 1.32 bits per heavy atom. The summed E-state index contributed by atoms with van der Waals surface area (Å²) in [6.45, 7) is 4.22. The number of carbonyl (C=O) groups excluding carboxylic acids is 1. The van der Waals surface area contributed by atoms with Crippen molar-refractivity contribution in [2.24, 2.45) is 0 Å². The number of hydrogen-bond donors (Lipinski definition) is 2. The van der Waals surface area contributed by atoms with E-state index in [0.717, 1.165) is 24.4 Å². The van der Waals surface area contributed by atoms with Gasteiger partial charge < -0.3 is 15.1 Å². The number of nitrogens with one attached hydrogen (secondary N) is 2. The highest BCUT2D eigenvalue weighted by molar-refractivity contribution is 5.93. The molecule has 19 heavy (non-hydrogen) atoms. The van der Waals surface area contributed by atoms with Crippen LogP contribution in [0, 0.1) is 6.92 Å². The topological polar surface area (TPSA) is 54.3 Å². The van der Waals surface area contributed by atoms with Gasteiger partial charge in [-0.1, -0.05) is 18.2 Å². The fraction of sp³-hybridized carbons (Fsp3) is 0.267. The van der Waals surface area contributed by atoms with E-state index in [1.54, 1.807) is 6.07 Å². The number of rotatable bonds is 3. The van der Waals surface area contributed by atoms with Crippen LogP contribution in [0.2, 0.25) is 0 Å². The molecule has 3 rings (SSSR count). The van der Waals surface area contributed by atoms with E-state index in [1.807, 2.05) is 6.92 Å². The maximum atomic E-state index is 11.9. The number of carbonyl (C=O) groups is 1. The van der Waals surface area contributed by atoms with Crippen LogP contribution >= 0.6 is 0 Å². The summed E-state index contributed by atoms with van der Waals surface area (Å²) in [7, 11) is 0. The minimum absolute atomic E-state index is 0.101. The zero-order chi connectivity index (χ0) is 13.2. The first-order valence-corrected chi connectivity index (χ1v) is 6.37. The number of hydrogen-bond acceptors (Lipinski definition) is 3. The lowest BCUT2D eigenvalue weighted by molar-refractivity contribution is 0.0950. The van der Waals surface area contributed by atoms with Gasteiger partial charge in [-0.2, -0.15) is 0 Å². The molecule has 4 heteroatoms. The molecule has 0 saturated heterocycles. The third-order valence-electron chi connectivity index (χ3n) is 3.35. The zero-order valence-electron chi connectivity index (χ0n) is 10.8. The highest BCUT2D eigenvalue weighted by Gasteiger charge is 2.11. The molecule has 2 heterocycles. The summed E-state index contributed by atoms with van der Waals surface area (Å²) in [6.07, 6.45) is 1.48.